The first-order chi connectivity index (χ1) is 8.17. The molecule has 0 bridgehead atoms. The first-order valence-electron chi connectivity index (χ1n) is 5.78. The maximum atomic E-state index is 10.9. The molecule has 0 spiro atoms. The average Bonchev–Trinajstić information content (AvgIpc) is 2.29. The number of hydrogen-bond acceptors (Lipinski definition) is 3. The minimum absolute atomic E-state index is 0.0276. The highest BCUT2D eigenvalue weighted by Crippen LogP contribution is 2.39. The Morgan fingerprint density at radius 2 is 1.71 bits per heavy atom. The summed E-state index contributed by atoms with van der Waals surface area (Å²) < 4.78 is 0.497. The van der Waals surface area contributed by atoms with Crippen LogP contribution < -0.4 is 5.32 Å². The number of rotatable bonds is 6. The van der Waals surface area contributed by atoms with Crippen LogP contribution in [0.1, 0.15) is 30.9 Å². The molecule has 0 aliphatic rings. The van der Waals surface area contributed by atoms with Crippen molar-refractivity contribution in [1.82, 2.24) is 0 Å². The molecule has 0 aromatic heterocycles. The summed E-state index contributed by atoms with van der Waals surface area (Å²) in [5.74, 6) is 2.20. The van der Waals surface area contributed by atoms with Crippen LogP contribution in [0.25, 0.3) is 0 Å². The van der Waals surface area contributed by atoms with E-state index in [2.05, 4.69) is 31.3 Å². The molecule has 0 saturated heterocycles. The third kappa shape index (κ3) is 5.04. The molecule has 1 aromatic carbocycles. The van der Waals surface area contributed by atoms with Gasteiger partial charge in [-0.25, -0.2) is 0 Å². The Morgan fingerprint density at radius 3 is 2.12 bits per heavy atom. The highest BCUT2D eigenvalue weighted by Gasteiger charge is 2.10. The molecule has 1 aromatic rings. The van der Waals surface area contributed by atoms with Crippen LogP contribution in [0.2, 0.25) is 0 Å². The van der Waals surface area contributed by atoms with Crippen LogP contribution in [0.15, 0.2) is 24.3 Å². The van der Waals surface area contributed by atoms with Gasteiger partial charge >= 0.3 is 0 Å². The standard InChI is InChI=1S/C13H19NOS2/c1-4-16-13(17-5-2)11-6-8-12(9-7-11)14-10(3)15/h6-9,13H,4-5H2,1-3H3,(H,14,15). The monoisotopic (exact) mass is 269 g/mol. The average molecular weight is 269 g/mol. The van der Waals surface area contributed by atoms with E-state index in [0.29, 0.717) is 4.58 Å². The SMILES string of the molecule is CCSC(SCC)c1ccc(NC(C)=O)cc1. The second-order valence-electron chi connectivity index (χ2n) is 3.55. The first kappa shape index (κ1) is 14.5. The highest BCUT2D eigenvalue weighted by atomic mass is 32.2. The molecular formula is C13H19NOS2. The van der Waals surface area contributed by atoms with Crippen molar-refractivity contribution in [3.05, 3.63) is 29.8 Å². The smallest absolute Gasteiger partial charge is 0.221 e. The van der Waals surface area contributed by atoms with Crippen molar-refractivity contribution in [1.29, 1.82) is 0 Å². The van der Waals surface area contributed by atoms with E-state index in [1.54, 1.807) is 0 Å². The maximum absolute atomic E-state index is 10.9. The van der Waals surface area contributed by atoms with Gasteiger partial charge in [0.15, 0.2) is 0 Å². The lowest BCUT2D eigenvalue weighted by Gasteiger charge is -2.15. The summed E-state index contributed by atoms with van der Waals surface area (Å²) in [7, 11) is 0. The van der Waals surface area contributed by atoms with Gasteiger partial charge in [-0.2, -0.15) is 0 Å². The molecule has 0 heterocycles. The normalized spacial score (nSPS) is 10.6. The van der Waals surface area contributed by atoms with Gasteiger partial charge in [-0.3, -0.25) is 4.79 Å². The number of hydrogen-bond donors (Lipinski definition) is 1. The molecule has 0 aliphatic carbocycles. The predicted molar refractivity (Wildman–Crippen MR) is 79.8 cm³/mol. The van der Waals surface area contributed by atoms with E-state index < -0.39 is 0 Å². The molecule has 0 saturated carbocycles. The lowest BCUT2D eigenvalue weighted by atomic mass is 10.2. The third-order valence-corrected chi connectivity index (χ3v) is 4.77. The van der Waals surface area contributed by atoms with Gasteiger partial charge in [0.1, 0.15) is 0 Å². The Kier molecular flexibility index (Phi) is 6.52. The third-order valence-electron chi connectivity index (χ3n) is 2.14. The summed E-state index contributed by atoms with van der Waals surface area (Å²) in [4.78, 5) is 10.9. The molecule has 1 N–H and O–H groups in total. The van der Waals surface area contributed by atoms with Crippen molar-refractivity contribution >= 4 is 35.1 Å². The van der Waals surface area contributed by atoms with Gasteiger partial charge in [-0.05, 0) is 29.2 Å². The number of carbonyl (C=O) groups excluding carboxylic acids is 1. The number of carbonyl (C=O) groups is 1. The fraction of sp³-hybridized carbons (Fsp3) is 0.462. The zero-order chi connectivity index (χ0) is 12.7. The molecule has 0 atom stereocenters. The van der Waals surface area contributed by atoms with Gasteiger partial charge < -0.3 is 5.32 Å². The molecule has 0 aliphatic heterocycles. The second kappa shape index (κ2) is 7.67. The number of anilines is 1. The van der Waals surface area contributed by atoms with E-state index in [0.717, 1.165) is 17.2 Å². The Bertz CT molecular complexity index is 345. The van der Waals surface area contributed by atoms with Crippen LogP contribution >= 0.6 is 23.5 Å². The van der Waals surface area contributed by atoms with Gasteiger partial charge in [-0.1, -0.05) is 26.0 Å². The minimum atomic E-state index is -0.0276. The molecule has 4 heteroatoms. The van der Waals surface area contributed by atoms with Gasteiger partial charge in [-0.15, -0.1) is 23.5 Å². The van der Waals surface area contributed by atoms with Crippen molar-refractivity contribution in [3.63, 3.8) is 0 Å². The van der Waals surface area contributed by atoms with Crippen LogP contribution in [-0.4, -0.2) is 17.4 Å². The number of nitrogens with one attached hydrogen (secondary N) is 1. The Labute approximate surface area is 112 Å². The van der Waals surface area contributed by atoms with E-state index in [-0.39, 0.29) is 5.91 Å². The number of thioether (sulfide) groups is 2. The zero-order valence-electron chi connectivity index (χ0n) is 10.5. The molecule has 2 nitrogen and oxygen atoms in total. The van der Waals surface area contributed by atoms with E-state index >= 15 is 0 Å². The summed E-state index contributed by atoms with van der Waals surface area (Å²) in [6.07, 6.45) is 0. The van der Waals surface area contributed by atoms with Crippen LogP contribution in [-0.2, 0) is 4.79 Å². The van der Waals surface area contributed by atoms with Crippen LogP contribution in [0.4, 0.5) is 5.69 Å². The van der Waals surface area contributed by atoms with Crippen molar-refractivity contribution < 1.29 is 4.79 Å². The molecular weight excluding hydrogens is 250 g/mol. The minimum Gasteiger partial charge on any atom is -0.326 e. The van der Waals surface area contributed by atoms with Crippen LogP contribution in [0, 0.1) is 0 Å². The predicted octanol–water partition coefficient (Wildman–Crippen LogP) is 4.15. The van der Waals surface area contributed by atoms with E-state index in [4.69, 9.17) is 0 Å². The maximum Gasteiger partial charge on any atom is 0.221 e. The zero-order valence-corrected chi connectivity index (χ0v) is 12.2. The van der Waals surface area contributed by atoms with Crippen molar-refractivity contribution in [3.8, 4) is 0 Å². The largest absolute Gasteiger partial charge is 0.326 e. The van der Waals surface area contributed by atoms with Crippen LogP contribution in [0.3, 0.4) is 0 Å². The first-order valence-corrected chi connectivity index (χ1v) is 7.87. The Morgan fingerprint density at radius 1 is 1.18 bits per heavy atom. The van der Waals surface area contributed by atoms with Gasteiger partial charge in [0.05, 0.1) is 4.58 Å². The highest BCUT2D eigenvalue weighted by molar-refractivity contribution is 8.16. The Balaban J connectivity index is 2.72. The van der Waals surface area contributed by atoms with E-state index in [9.17, 15) is 4.79 Å². The molecule has 94 valence electrons. The second-order valence-corrected chi connectivity index (χ2v) is 6.61. The van der Waals surface area contributed by atoms with Gasteiger partial charge in [0, 0.05) is 12.6 Å². The van der Waals surface area contributed by atoms with Crippen molar-refractivity contribution in [2.24, 2.45) is 0 Å². The lowest BCUT2D eigenvalue weighted by molar-refractivity contribution is -0.114. The molecule has 1 rings (SSSR count). The topological polar surface area (TPSA) is 29.1 Å². The summed E-state index contributed by atoms with van der Waals surface area (Å²) in [5.41, 5.74) is 2.18. The summed E-state index contributed by atoms with van der Waals surface area (Å²) in [5, 5.41) is 2.78. The summed E-state index contributed by atoms with van der Waals surface area (Å²) >= 11 is 3.90. The molecule has 1 amide bonds. The van der Waals surface area contributed by atoms with Crippen molar-refractivity contribution in [2.45, 2.75) is 25.4 Å². The van der Waals surface area contributed by atoms with Gasteiger partial charge in [0.2, 0.25) is 5.91 Å². The fourth-order valence-corrected chi connectivity index (χ4v) is 3.98. The Hall–Kier alpha value is -0.610. The van der Waals surface area contributed by atoms with Gasteiger partial charge in [0.25, 0.3) is 0 Å². The summed E-state index contributed by atoms with van der Waals surface area (Å²) in [6.45, 7) is 5.88. The molecule has 17 heavy (non-hydrogen) atoms. The fourth-order valence-electron chi connectivity index (χ4n) is 1.47. The quantitative estimate of drug-likeness (QED) is 0.787. The molecule has 0 fully saturated rings. The van der Waals surface area contributed by atoms with Crippen LogP contribution in [0.5, 0.6) is 0 Å². The summed E-state index contributed by atoms with van der Waals surface area (Å²) in [6, 6.07) is 8.13. The lowest BCUT2D eigenvalue weighted by Crippen LogP contribution is -2.05. The number of benzene rings is 1. The van der Waals surface area contributed by atoms with E-state index in [1.807, 2.05) is 35.7 Å². The van der Waals surface area contributed by atoms with E-state index in [1.165, 1.54) is 12.5 Å². The number of amides is 1. The molecule has 0 unspecified atom stereocenters. The van der Waals surface area contributed by atoms with Crippen molar-refractivity contribution in [2.75, 3.05) is 16.8 Å². The molecule has 0 radical (unpaired) electrons.